The van der Waals surface area contributed by atoms with E-state index in [-0.39, 0.29) is 18.2 Å². The highest BCUT2D eigenvalue weighted by atomic mass is 16.5. The molecule has 7 nitrogen and oxygen atoms in total. The molecule has 1 heterocycles. The fourth-order valence-corrected chi connectivity index (χ4v) is 1.65. The van der Waals surface area contributed by atoms with Crippen molar-refractivity contribution in [3.63, 3.8) is 0 Å². The molecule has 0 saturated carbocycles. The molecule has 0 spiro atoms. The summed E-state index contributed by atoms with van der Waals surface area (Å²) in [7, 11) is 1.59. The van der Waals surface area contributed by atoms with Crippen LogP contribution in [0.1, 0.15) is 23.0 Å². The molecule has 2 aromatic rings. The summed E-state index contributed by atoms with van der Waals surface area (Å²) in [4.78, 5) is 11.5. The maximum atomic E-state index is 11.5. The first-order valence-corrected chi connectivity index (χ1v) is 6.08. The van der Waals surface area contributed by atoms with Crippen molar-refractivity contribution >= 4 is 5.97 Å². The first-order valence-electron chi connectivity index (χ1n) is 6.08. The highest BCUT2D eigenvalue weighted by Crippen LogP contribution is 2.18. The molecule has 2 rings (SSSR count). The Labute approximate surface area is 115 Å². The van der Waals surface area contributed by atoms with Gasteiger partial charge in [0.15, 0.2) is 0 Å². The van der Waals surface area contributed by atoms with Crippen LogP contribution in [0.3, 0.4) is 0 Å². The first-order chi connectivity index (χ1) is 9.65. The summed E-state index contributed by atoms with van der Waals surface area (Å²) in [5, 5.41) is 17.3. The van der Waals surface area contributed by atoms with Crippen molar-refractivity contribution in [1.29, 1.82) is 0 Å². The molecule has 0 saturated heterocycles. The predicted molar refractivity (Wildman–Crippen MR) is 69.7 cm³/mol. The van der Waals surface area contributed by atoms with E-state index >= 15 is 0 Å². The number of esters is 1. The van der Waals surface area contributed by atoms with Crippen LogP contribution in [0.25, 0.3) is 0 Å². The monoisotopic (exact) mass is 277 g/mol. The van der Waals surface area contributed by atoms with E-state index in [2.05, 4.69) is 10.3 Å². The number of carbonyl (C=O) groups is 1. The van der Waals surface area contributed by atoms with Gasteiger partial charge in [-0.05, 0) is 24.6 Å². The van der Waals surface area contributed by atoms with Gasteiger partial charge in [-0.3, -0.25) is 0 Å². The molecular weight excluding hydrogens is 262 g/mol. The number of nitrogens with zero attached hydrogens (tertiary/aromatic N) is 3. The Morgan fingerprint density at radius 1 is 1.35 bits per heavy atom. The zero-order chi connectivity index (χ0) is 14.5. The van der Waals surface area contributed by atoms with Crippen LogP contribution in [-0.2, 0) is 11.3 Å². The Kier molecular flexibility index (Phi) is 4.19. The van der Waals surface area contributed by atoms with Crippen molar-refractivity contribution in [2.75, 3.05) is 13.7 Å². The summed E-state index contributed by atoms with van der Waals surface area (Å²) < 4.78 is 11.1. The van der Waals surface area contributed by atoms with E-state index in [4.69, 9.17) is 9.47 Å². The average Bonchev–Trinajstić information content (AvgIpc) is 2.81. The lowest BCUT2D eigenvalue weighted by molar-refractivity contribution is 0.0515. The molecule has 1 aromatic heterocycles. The summed E-state index contributed by atoms with van der Waals surface area (Å²) in [6.07, 6.45) is 0. The van der Waals surface area contributed by atoms with Gasteiger partial charge in [0.25, 0.3) is 0 Å². The lowest BCUT2D eigenvalue weighted by Crippen LogP contribution is -2.06. The Bertz CT molecular complexity index is 592. The van der Waals surface area contributed by atoms with E-state index in [1.807, 2.05) is 12.1 Å². The minimum Gasteiger partial charge on any atom is -0.497 e. The quantitative estimate of drug-likeness (QED) is 0.827. The first kappa shape index (κ1) is 13.9. The van der Waals surface area contributed by atoms with Crippen molar-refractivity contribution in [1.82, 2.24) is 15.0 Å². The fraction of sp³-hybridized carbons (Fsp3) is 0.308. The van der Waals surface area contributed by atoms with Crippen LogP contribution in [0.2, 0.25) is 0 Å². The summed E-state index contributed by atoms with van der Waals surface area (Å²) in [5.41, 5.74) is 0.710. The highest BCUT2D eigenvalue weighted by Gasteiger charge is 2.20. The SMILES string of the molecule is CCOC(=O)c1nnn(Cc2ccc(OC)cc2)c1O. The van der Waals surface area contributed by atoms with Crippen molar-refractivity contribution in [2.45, 2.75) is 13.5 Å². The van der Waals surface area contributed by atoms with Gasteiger partial charge in [0.2, 0.25) is 11.6 Å². The van der Waals surface area contributed by atoms with E-state index in [9.17, 15) is 9.90 Å². The molecule has 0 amide bonds. The van der Waals surface area contributed by atoms with Crippen LogP contribution in [0.5, 0.6) is 11.6 Å². The Morgan fingerprint density at radius 2 is 2.05 bits per heavy atom. The van der Waals surface area contributed by atoms with Gasteiger partial charge in [-0.25, -0.2) is 9.48 Å². The van der Waals surface area contributed by atoms with Crippen LogP contribution in [-0.4, -0.2) is 39.8 Å². The van der Waals surface area contributed by atoms with Gasteiger partial charge in [0.1, 0.15) is 5.75 Å². The third kappa shape index (κ3) is 2.87. The van der Waals surface area contributed by atoms with Crippen molar-refractivity contribution in [3.05, 3.63) is 35.5 Å². The standard InChI is InChI=1S/C13H15N3O4/c1-3-20-13(18)11-12(17)16(15-14-11)8-9-4-6-10(19-2)7-5-9/h4-7,17H,3,8H2,1-2H3. The van der Waals surface area contributed by atoms with Gasteiger partial charge in [-0.2, -0.15) is 0 Å². The van der Waals surface area contributed by atoms with Gasteiger partial charge >= 0.3 is 5.97 Å². The van der Waals surface area contributed by atoms with Crippen LogP contribution >= 0.6 is 0 Å². The lowest BCUT2D eigenvalue weighted by atomic mass is 10.2. The second-order valence-electron chi connectivity index (χ2n) is 3.99. The predicted octanol–water partition coefficient (Wildman–Crippen LogP) is 1.22. The molecule has 0 radical (unpaired) electrons. The average molecular weight is 277 g/mol. The topological polar surface area (TPSA) is 86.5 Å². The lowest BCUT2D eigenvalue weighted by Gasteiger charge is -2.04. The normalized spacial score (nSPS) is 10.3. The van der Waals surface area contributed by atoms with Crippen LogP contribution in [0.15, 0.2) is 24.3 Å². The summed E-state index contributed by atoms with van der Waals surface area (Å²) in [6.45, 7) is 2.18. The molecule has 0 aliphatic heterocycles. The number of rotatable bonds is 5. The van der Waals surface area contributed by atoms with E-state index in [0.29, 0.717) is 6.54 Å². The minimum absolute atomic E-state index is 0.180. The van der Waals surface area contributed by atoms with Gasteiger partial charge < -0.3 is 14.6 Å². The Balaban J connectivity index is 2.15. The number of ether oxygens (including phenoxy) is 2. The van der Waals surface area contributed by atoms with Crippen molar-refractivity contribution in [3.8, 4) is 11.6 Å². The summed E-state index contributed by atoms with van der Waals surface area (Å²) >= 11 is 0. The minimum atomic E-state index is -0.689. The number of carbonyl (C=O) groups excluding carboxylic acids is 1. The van der Waals surface area contributed by atoms with Crippen molar-refractivity contribution < 1.29 is 19.4 Å². The molecule has 0 unspecified atom stereocenters. The van der Waals surface area contributed by atoms with Gasteiger partial charge in [0.05, 0.1) is 20.3 Å². The second-order valence-corrected chi connectivity index (χ2v) is 3.99. The van der Waals surface area contributed by atoms with E-state index < -0.39 is 5.97 Å². The molecule has 0 aliphatic rings. The molecule has 7 heteroatoms. The number of aromatic nitrogens is 3. The number of hydrogen-bond donors (Lipinski definition) is 1. The zero-order valence-corrected chi connectivity index (χ0v) is 11.2. The van der Waals surface area contributed by atoms with Crippen LogP contribution in [0, 0.1) is 0 Å². The van der Waals surface area contributed by atoms with Gasteiger partial charge in [-0.15, -0.1) is 5.10 Å². The molecule has 1 N–H and O–H groups in total. The summed E-state index contributed by atoms with van der Waals surface area (Å²) in [6, 6.07) is 7.28. The smallest absolute Gasteiger partial charge is 0.364 e. The molecule has 0 fully saturated rings. The van der Waals surface area contributed by atoms with E-state index in [1.54, 1.807) is 26.2 Å². The van der Waals surface area contributed by atoms with E-state index in [1.165, 1.54) is 4.68 Å². The Morgan fingerprint density at radius 3 is 2.65 bits per heavy atom. The number of aromatic hydroxyl groups is 1. The number of methoxy groups -OCH3 is 1. The zero-order valence-electron chi connectivity index (χ0n) is 11.2. The molecule has 20 heavy (non-hydrogen) atoms. The van der Waals surface area contributed by atoms with Crippen LogP contribution < -0.4 is 4.74 Å². The maximum Gasteiger partial charge on any atom is 0.364 e. The molecule has 0 aliphatic carbocycles. The molecule has 0 atom stereocenters. The molecule has 106 valence electrons. The Hall–Kier alpha value is -2.57. The van der Waals surface area contributed by atoms with Gasteiger partial charge in [-0.1, -0.05) is 17.3 Å². The second kappa shape index (κ2) is 6.05. The number of benzene rings is 1. The van der Waals surface area contributed by atoms with Gasteiger partial charge in [0, 0.05) is 0 Å². The molecule has 1 aromatic carbocycles. The molecule has 0 bridgehead atoms. The number of hydrogen-bond acceptors (Lipinski definition) is 6. The third-order valence-electron chi connectivity index (χ3n) is 2.67. The van der Waals surface area contributed by atoms with Crippen LogP contribution in [0.4, 0.5) is 0 Å². The highest BCUT2D eigenvalue weighted by molar-refractivity contribution is 5.89. The van der Waals surface area contributed by atoms with E-state index in [0.717, 1.165) is 11.3 Å². The largest absolute Gasteiger partial charge is 0.497 e. The van der Waals surface area contributed by atoms with Crippen molar-refractivity contribution in [2.24, 2.45) is 0 Å². The maximum absolute atomic E-state index is 11.5. The fourth-order valence-electron chi connectivity index (χ4n) is 1.65. The summed E-state index contributed by atoms with van der Waals surface area (Å²) in [5.74, 6) is -0.256. The molecular formula is C13H15N3O4. The third-order valence-corrected chi connectivity index (χ3v) is 2.67.